The van der Waals surface area contributed by atoms with E-state index in [4.69, 9.17) is 11.6 Å². The highest BCUT2D eigenvalue weighted by Crippen LogP contribution is 2.35. The Morgan fingerprint density at radius 3 is 2.88 bits per heavy atom. The highest BCUT2D eigenvalue weighted by atomic mass is 35.5. The molecule has 0 saturated carbocycles. The molecule has 2 aromatic carbocycles. The van der Waals surface area contributed by atoms with Gasteiger partial charge >= 0.3 is 0 Å². The number of fused-ring (bicyclic) bond motifs is 3. The zero-order valence-electron chi connectivity index (χ0n) is 14.0. The number of hydrogen-bond donors (Lipinski definition) is 3. The maximum Gasteiger partial charge on any atom is 0.237 e. The van der Waals surface area contributed by atoms with Gasteiger partial charge in [-0.2, -0.15) is 0 Å². The fraction of sp³-hybridized carbons (Fsp3) is 0.250. The van der Waals surface area contributed by atoms with E-state index in [1.807, 2.05) is 43.3 Å². The van der Waals surface area contributed by atoms with Crippen LogP contribution in [-0.2, 0) is 11.2 Å². The molecule has 2 heterocycles. The molecule has 0 aliphatic carbocycles. The minimum Gasteiger partial charge on any atom is -0.357 e. The summed E-state index contributed by atoms with van der Waals surface area (Å²) in [4.78, 5) is 16.0. The minimum atomic E-state index is -0.268. The first-order chi connectivity index (χ1) is 12.2. The van der Waals surface area contributed by atoms with Gasteiger partial charge in [-0.05, 0) is 42.7 Å². The minimum absolute atomic E-state index is 0.0328. The molecule has 25 heavy (non-hydrogen) atoms. The Balaban J connectivity index is 1.84. The van der Waals surface area contributed by atoms with Gasteiger partial charge < -0.3 is 10.3 Å². The predicted octanol–water partition coefficient (Wildman–Crippen LogP) is 3.56. The van der Waals surface area contributed by atoms with Crippen molar-refractivity contribution in [3.05, 3.63) is 70.4 Å². The van der Waals surface area contributed by atoms with Crippen LogP contribution in [0.1, 0.15) is 29.8 Å². The van der Waals surface area contributed by atoms with E-state index in [1.54, 1.807) is 0 Å². The third-order valence-corrected chi connectivity index (χ3v) is 5.00. The number of amides is 1. The van der Waals surface area contributed by atoms with Crippen LogP contribution in [0.3, 0.4) is 0 Å². The predicted molar refractivity (Wildman–Crippen MR) is 101 cm³/mol. The normalized spacial score (nSPS) is 19.6. The van der Waals surface area contributed by atoms with E-state index in [2.05, 4.69) is 27.8 Å². The molecule has 0 bridgehead atoms. The molecule has 0 spiro atoms. The Bertz CT molecular complexity index is 934. The Hall–Kier alpha value is -2.30. The van der Waals surface area contributed by atoms with Gasteiger partial charge in [-0.25, -0.2) is 0 Å². The number of H-pyrrole nitrogens is 1. The SMILES string of the molecule is CCNC(=O)[C@@H]1Cc2c([nH]c3ccccc23)C(c2cccc(Cl)c2)N1. The summed E-state index contributed by atoms with van der Waals surface area (Å²) in [6.45, 7) is 2.56. The van der Waals surface area contributed by atoms with Crippen molar-refractivity contribution >= 4 is 28.4 Å². The van der Waals surface area contributed by atoms with Gasteiger partial charge in [-0.15, -0.1) is 0 Å². The molecule has 1 aliphatic rings. The number of carbonyl (C=O) groups excluding carboxylic acids is 1. The zero-order chi connectivity index (χ0) is 17.4. The number of carbonyl (C=O) groups is 1. The number of likely N-dealkylation sites (N-methyl/N-ethyl adjacent to an activating group) is 1. The number of hydrogen-bond acceptors (Lipinski definition) is 2. The average molecular weight is 354 g/mol. The number of rotatable bonds is 3. The molecule has 128 valence electrons. The lowest BCUT2D eigenvalue weighted by Gasteiger charge is -2.31. The molecule has 0 fully saturated rings. The van der Waals surface area contributed by atoms with Crippen molar-refractivity contribution in [1.29, 1.82) is 0 Å². The number of aromatic amines is 1. The van der Waals surface area contributed by atoms with E-state index in [-0.39, 0.29) is 18.0 Å². The van der Waals surface area contributed by atoms with E-state index in [0.717, 1.165) is 16.8 Å². The molecule has 1 aliphatic heterocycles. The summed E-state index contributed by atoms with van der Waals surface area (Å²) in [6, 6.07) is 15.7. The lowest BCUT2D eigenvalue weighted by Crippen LogP contribution is -2.49. The number of aromatic nitrogens is 1. The molecule has 2 atom stereocenters. The van der Waals surface area contributed by atoms with Crippen molar-refractivity contribution in [2.45, 2.75) is 25.4 Å². The molecular formula is C20H20ClN3O. The number of para-hydroxylation sites is 1. The summed E-state index contributed by atoms with van der Waals surface area (Å²) in [5.41, 5.74) is 4.46. The van der Waals surface area contributed by atoms with E-state index in [0.29, 0.717) is 18.0 Å². The maximum absolute atomic E-state index is 12.5. The Morgan fingerprint density at radius 1 is 1.24 bits per heavy atom. The largest absolute Gasteiger partial charge is 0.357 e. The van der Waals surface area contributed by atoms with Crippen LogP contribution in [0.2, 0.25) is 5.02 Å². The van der Waals surface area contributed by atoms with Crippen LogP contribution in [0.15, 0.2) is 48.5 Å². The van der Waals surface area contributed by atoms with Crippen molar-refractivity contribution in [3.8, 4) is 0 Å². The van der Waals surface area contributed by atoms with E-state index >= 15 is 0 Å². The van der Waals surface area contributed by atoms with Crippen LogP contribution in [-0.4, -0.2) is 23.5 Å². The van der Waals surface area contributed by atoms with Gasteiger partial charge in [0.15, 0.2) is 0 Å². The summed E-state index contributed by atoms with van der Waals surface area (Å²) >= 11 is 6.20. The van der Waals surface area contributed by atoms with Crippen LogP contribution in [0.4, 0.5) is 0 Å². The van der Waals surface area contributed by atoms with Crippen molar-refractivity contribution < 1.29 is 4.79 Å². The number of benzene rings is 2. The van der Waals surface area contributed by atoms with Crippen molar-refractivity contribution in [2.75, 3.05) is 6.54 Å². The molecule has 1 amide bonds. The summed E-state index contributed by atoms with van der Waals surface area (Å²) in [7, 11) is 0. The van der Waals surface area contributed by atoms with Crippen LogP contribution >= 0.6 is 11.6 Å². The zero-order valence-corrected chi connectivity index (χ0v) is 14.7. The van der Waals surface area contributed by atoms with Gasteiger partial charge in [0.25, 0.3) is 0 Å². The topological polar surface area (TPSA) is 56.9 Å². The molecule has 1 unspecified atom stereocenters. The first-order valence-electron chi connectivity index (χ1n) is 8.56. The highest BCUT2D eigenvalue weighted by Gasteiger charge is 2.33. The number of nitrogens with one attached hydrogen (secondary N) is 3. The second kappa shape index (κ2) is 6.54. The van der Waals surface area contributed by atoms with Gasteiger partial charge in [0.2, 0.25) is 5.91 Å². The molecule has 3 aromatic rings. The van der Waals surface area contributed by atoms with E-state index < -0.39 is 0 Å². The third kappa shape index (κ3) is 2.92. The third-order valence-electron chi connectivity index (χ3n) is 4.76. The second-order valence-electron chi connectivity index (χ2n) is 6.37. The Labute approximate surface area is 151 Å². The lowest BCUT2D eigenvalue weighted by molar-refractivity contribution is -0.123. The molecule has 4 nitrogen and oxygen atoms in total. The Kier molecular flexibility index (Phi) is 4.24. The fourth-order valence-corrected chi connectivity index (χ4v) is 3.85. The maximum atomic E-state index is 12.5. The van der Waals surface area contributed by atoms with Gasteiger partial charge in [0.1, 0.15) is 0 Å². The van der Waals surface area contributed by atoms with E-state index in [9.17, 15) is 4.79 Å². The van der Waals surface area contributed by atoms with Gasteiger partial charge in [0.05, 0.1) is 12.1 Å². The van der Waals surface area contributed by atoms with Crippen LogP contribution < -0.4 is 10.6 Å². The molecule has 5 heteroatoms. The monoisotopic (exact) mass is 353 g/mol. The smallest absolute Gasteiger partial charge is 0.237 e. The summed E-state index contributed by atoms with van der Waals surface area (Å²) in [6.07, 6.45) is 0.669. The average Bonchev–Trinajstić information content (AvgIpc) is 3.00. The van der Waals surface area contributed by atoms with E-state index in [1.165, 1.54) is 10.9 Å². The van der Waals surface area contributed by atoms with Gasteiger partial charge in [-0.1, -0.05) is 41.9 Å². The number of halogens is 1. The standard InChI is InChI=1S/C20H20ClN3O/c1-2-22-20(25)17-11-15-14-8-3-4-9-16(14)23-19(15)18(24-17)12-6-5-7-13(21)10-12/h3-10,17-18,23-24H,2,11H2,1H3,(H,22,25)/t17-,18?/m0/s1. The molecule has 3 N–H and O–H groups in total. The lowest BCUT2D eigenvalue weighted by atomic mass is 9.90. The summed E-state index contributed by atoms with van der Waals surface area (Å²) < 4.78 is 0. The first kappa shape index (κ1) is 16.2. The van der Waals surface area contributed by atoms with Crippen molar-refractivity contribution in [1.82, 2.24) is 15.6 Å². The van der Waals surface area contributed by atoms with Crippen LogP contribution in [0, 0.1) is 0 Å². The van der Waals surface area contributed by atoms with Crippen molar-refractivity contribution in [2.24, 2.45) is 0 Å². The van der Waals surface area contributed by atoms with Gasteiger partial charge in [0, 0.05) is 28.2 Å². The quantitative estimate of drug-likeness (QED) is 0.674. The summed E-state index contributed by atoms with van der Waals surface area (Å²) in [5, 5.41) is 8.30. The highest BCUT2D eigenvalue weighted by molar-refractivity contribution is 6.30. The van der Waals surface area contributed by atoms with Crippen molar-refractivity contribution in [3.63, 3.8) is 0 Å². The molecule has 4 rings (SSSR count). The first-order valence-corrected chi connectivity index (χ1v) is 8.94. The van der Waals surface area contributed by atoms with Gasteiger partial charge in [-0.3, -0.25) is 10.1 Å². The van der Waals surface area contributed by atoms with Crippen LogP contribution in [0.5, 0.6) is 0 Å². The molecular weight excluding hydrogens is 334 g/mol. The molecule has 0 radical (unpaired) electrons. The molecule has 0 saturated heterocycles. The Morgan fingerprint density at radius 2 is 2.08 bits per heavy atom. The summed E-state index contributed by atoms with van der Waals surface area (Å²) in [5.74, 6) is 0.0328. The second-order valence-corrected chi connectivity index (χ2v) is 6.81. The fourth-order valence-electron chi connectivity index (χ4n) is 3.65. The van der Waals surface area contributed by atoms with Crippen LogP contribution in [0.25, 0.3) is 10.9 Å². The molecule has 1 aromatic heterocycles.